The molecule has 0 atom stereocenters. The third-order valence-corrected chi connectivity index (χ3v) is 2.92. The van der Waals surface area contributed by atoms with Gasteiger partial charge in [0.25, 0.3) is 5.91 Å². The van der Waals surface area contributed by atoms with Crippen LogP contribution in [-0.4, -0.2) is 23.0 Å². The highest BCUT2D eigenvalue weighted by molar-refractivity contribution is 5.94. The van der Waals surface area contributed by atoms with Crippen LogP contribution in [0.3, 0.4) is 0 Å². The van der Waals surface area contributed by atoms with Crippen LogP contribution in [0.1, 0.15) is 15.9 Å². The number of benzene rings is 2. The van der Waals surface area contributed by atoms with E-state index in [1.165, 1.54) is 12.1 Å². The van der Waals surface area contributed by atoms with Crippen molar-refractivity contribution in [3.8, 4) is 5.75 Å². The maximum Gasteiger partial charge on any atom is 0.253 e. The van der Waals surface area contributed by atoms with Gasteiger partial charge in [-0.15, -0.1) is 0 Å². The lowest BCUT2D eigenvalue weighted by molar-refractivity contribution is 0.0785. The molecule has 0 radical (unpaired) electrons. The number of nitrogens with zero attached hydrogens (tertiary/aromatic N) is 1. The van der Waals surface area contributed by atoms with Crippen molar-refractivity contribution in [1.82, 2.24) is 4.90 Å². The smallest absolute Gasteiger partial charge is 0.253 e. The molecule has 2 rings (SSSR count). The van der Waals surface area contributed by atoms with E-state index >= 15 is 0 Å². The summed E-state index contributed by atoms with van der Waals surface area (Å²) < 4.78 is 0. The molecule has 0 fully saturated rings. The predicted octanol–water partition coefficient (Wildman–Crippen LogP) is 2.25. The Morgan fingerprint density at radius 2 is 1.79 bits per heavy atom. The molecule has 19 heavy (non-hydrogen) atoms. The molecule has 1 amide bonds. The van der Waals surface area contributed by atoms with Crippen LogP contribution in [0.15, 0.2) is 48.5 Å². The Labute approximate surface area is 112 Å². The SMILES string of the molecule is CN(Cc1ccccc1N)C(=O)c1ccc(O)cc1. The Kier molecular flexibility index (Phi) is 3.71. The Morgan fingerprint density at radius 1 is 1.16 bits per heavy atom. The van der Waals surface area contributed by atoms with Gasteiger partial charge in [0.1, 0.15) is 5.75 Å². The van der Waals surface area contributed by atoms with E-state index in [9.17, 15) is 9.90 Å². The van der Waals surface area contributed by atoms with Gasteiger partial charge in [-0.3, -0.25) is 4.79 Å². The molecular formula is C15H16N2O2. The van der Waals surface area contributed by atoms with Gasteiger partial charge in [0.2, 0.25) is 0 Å². The Hall–Kier alpha value is -2.49. The molecule has 4 heteroatoms. The van der Waals surface area contributed by atoms with Crippen molar-refractivity contribution >= 4 is 11.6 Å². The fraction of sp³-hybridized carbons (Fsp3) is 0.133. The fourth-order valence-electron chi connectivity index (χ4n) is 1.83. The van der Waals surface area contributed by atoms with Gasteiger partial charge in [-0.25, -0.2) is 0 Å². The Balaban J connectivity index is 2.12. The zero-order valence-corrected chi connectivity index (χ0v) is 10.7. The topological polar surface area (TPSA) is 66.6 Å². The van der Waals surface area contributed by atoms with Crippen molar-refractivity contribution in [2.75, 3.05) is 12.8 Å². The lowest BCUT2D eigenvalue weighted by atomic mass is 10.1. The lowest BCUT2D eigenvalue weighted by Crippen LogP contribution is -2.26. The maximum absolute atomic E-state index is 12.2. The quantitative estimate of drug-likeness (QED) is 0.828. The molecule has 0 aliphatic rings. The van der Waals surface area contributed by atoms with Crippen LogP contribution in [0.25, 0.3) is 0 Å². The summed E-state index contributed by atoms with van der Waals surface area (Å²) in [7, 11) is 1.72. The number of phenols is 1. The van der Waals surface area contributed by atoms with Crippen LogP contribution < -0.4 is 5.73 Å². The Bertz CT molecular complexity index is 579. The van der Waals surface area contributed by atoms with Gasteiger partial charge < -0.3 is 15.7 Å². The van der Waals surface area contributed by atoms with Crippen molar-refractivity contribution in [2.24, 2.45) is 0 Å². The second-order valence-corrected chi connectivity index (χ2v) is 4.41. The average molecular weight is 256 g/mol. The van der Waals surface area contributed by atoms with Gasteiger partial charge in [0.15, 0.2) is 0 Å². The molecule has 3 N–H and O–H groups in total. The van der Waals surface area contributed by atoms with Gasteiger partial charge in [0, 0.05) is 24.8 Å². The lowest BCUT2D eigenvalue weighted by Gasteiger charge is -2.18. The second kappa shape index (κ2) is 5.44. The molecule has 2 aromatic carbocycles. The van der Waals surface area contributed by atoms with Crippen LogP contribution >= 0.6 is 0 Å². The molecule has 0 aliphatic carbocycles. The molecule has 0 saturated heterocycles. The van der Waals surface area contributed by atoms with E-state index in [4.69, 9.17) is 5.73 Å². The molecule has 0 saturated carbocycles. The third-order valence-electron chi connectivity index (χ3n) is 2.92. The molecule has 98 valence electrons. The summed E-state index contributed by atoms with van der Waals surface area (Å²) in [4.78, 5) is 13.8. The van der Waals surface area contributed by atoms with Crippen LogP contribution in [0.4, 0.5) is 5.69 Å². The average Bonchev–Trinajstić information content (AvgIpc) is 2.41. The summed E-state index contributed by atoms with van der Waals surface area (Å²) in [6.07, 6.45) is 0. The van der Waals surface area contributed by atoms with Gasteiger partial charge in [-0.05, 0) is 35.9 Å². The molecule has 0 spiro atoms. The molecule has 4 nitrogen and oxygen atoms in total. The Morgan fingerprint density at radius 3 is 2.42 bits per heavy atom. The summed E-state index contributed by atoms with van der Waals surface area (Å²) in [6.45, 7) is 0.451. The van der Waals surface area contributed by atoms with Crippen molar-refractivity contribution in [1.29, 1.82) is 0 Å². The summed E-state index contributed by atoms with van der Waals surface area (Å²) in [6, 6.07) is 13.7. The first-order valence-electron chi connectivity index (χ1n) is 5.96. The number of carbonyl (C=O) groups is 1. The summed E-state index contributed by atoms with van der Waals surface area (Å²) in [5, 5.41) is 9.21. The number of para-hydroxylation sites is 1. The molecule has 0 aliphatic heterocycles. The number of hydrogen-bond acceptors (Lipinski definition) is 3. The zero-order chi connectivity index (χ0) is 13.8. The van der Waals surface area contributed by atoms with E-state index in [2.05, 4.69) is 0 Å². The molecular weight excluding hydrogens is 240 g/mol. The fourth-order valence-corrected chi connectivity index (χ4v) is 1.83. The van der Waals surface area contributed by atoms with E-state index in [-0.39, 0.29) is 11.7 Å². The normalized spacial score (nSPS) is 10.2. The summed E-state index contributed by atoms with van der Waals surface area (Å²) in [5.41, 5.74) is 7.98. The van der Waals surface area contributed by atoms with E-state index in [0.29, 0.717) is 17.8 Å². The number of hydrogen-bond donors (Lipinski definition) is 2. The minimum atomic E-state index is -0.108. The molecule has 0 heterocycles. The standard InChI is InChI=1S/C15H16N2O2/c1-17(10-12-4-2-3-5-14(12)16)15(19)11-6-8-13(18)9-7-11/h2-9,18H,10,16H2,1H3. The molecule has 0 unspecified atom stereocenters. The maximum atomic E-state index is 12.2. The van der Waals surface area contributed by atoms with E-state index in [0.717, 1.165) is 5.56 Å². The highest BCUT2D eigenvalue weighted by Crippen LogP contribution is 2.15. The summed E-state index contributed by atoms with van der Waals surface area (Å²) in [5.74, 6) is 0.0368. The number of aromatic hydroxyl groups is 1. The highest BCUT2D eigenvalue weighted by Gasteiger charge is 2.12. The number of anilines is 1. The number of phenolic OH excluding ortho intramolecular Hbond substituents is 1. The monoisotopic (exact) mass is 256 g/mol. The van der Waals surface area contributed by atoms with Gasteiger partial charge in [-0.1, -0.05) is 18.2 Å². The molecule has 0 bridgehead atoms. The minimum Gasteiger partial charge on any atom is -0.508 e. The zero-order valence-electron chi connectivity index (χ0n) is 10.7. The number of carbonyl (C=O) groups excluding carboxylic acids is 1. The molecule has 2 aromatic rings. The largest absolute Gasteiger partial charge is 0.508 e. The third kappa shape index (κ3) is 3.04. The molecule has 0 aromatic heterocycles. The minimum absolute atomic E-state index is 0.108. The number of nitrogens with two attached hydrogens (primary N) is 1. The van der Waals surface area contributed by atoms with Crippen LogP contribution in [0.5, 0.6) is 5.75 Å². The van der Waals surface area contributed by atoms with Crippen LogP contribution in [0, 0.1) is 0 Å². The first-order valence-corrected chi connectivity index (χ1v) is 5.96. The number of amides is 1. The van der Waals surface area contributed by atoms with E-state index in [1.54, 1.807) is 24.1 Å². The van der Waals surface area contributed by atoms with Gasteiger partial charge in [-0.2, -0.15) is 0 Å². The van der Waals surface area contributed by atoms with Gasteiger partial charge >= 0.3 is 0 Å². The second-order valence-electron chi connectivity index (χ2n) is 4.41. The predicted molar refractivity (Wildman–Crippen MR) is 74.8 cm³/mol. The van der Waals surface area contributed by atoms with E-state index in [1.807, 2.05) is 24.3 Å². The first-order chi connectivity index (χ1) is 9.08. The van der Waals surface area contributed by atoms with Gasteiger partial charge in [0.05, 0.1) is 0 Å². The summed E-state index contributed by atoms with van der Waals surface area (Å²) >= 11 is 0. The van der Waals surface area contributed by atoms with Crippen molar-refractivity contribution in [2.45, 2.75) is 6.54 Å². The van der Waals surface area contributed by atoms with Crippen LogP contribution in [-0.2, 0) is 6.54 Å². The van der Waals surface area contributed by atoms with Crippen LogP contribution in [0.2, 0.25) is 0 Å². The number of nitrogen functional groups attached to an aromatic ring is 1. The van der Waals surface area contributed by atoms with Crippen molar-refractivity contribution in [3.05, 3.63) is 59.7 Å². The first kappa shape index (κ1) is 13.0. The van der Waals surface area contributed by atoms with E-state index < -0.39 is 0 Å². The number of rotatable bonds is 3. The highest BCUT2D eigenvalue weighted by atomic mass is 16.3. The van der Waals surface area contributed by atoms with Crippen molar-refractivity contribution < 1.29 is 9.90 Å². The van der Waals surface area contributed by atoms with Crippen molar-refractivity contribution in [3.63, 3.8) is 0 Å².